The molecule has 2 aromatic rings. The molecule has 1 aromatic carbocycles. The number of aryl methyl sites for hydroxylation is 1. The van der Waals surface area contributed by atoms with Crippen LogP contribution in [0.15, 0.2) is 30.6 Å². The molecule has 1 aromatic heterocycles. The smallest absolute Gasteiger partial charge is 0.123 e. The van der Waals surface area contributed by atoms with Gasteiger partial charge in [0.05, 0.1) is 0 Å². The summed E-state index contributed by atoms with van der Waals surface area (Å²) in [5.41, 5.74) is 3.60. The highest BCUT2D eigenvalue weighted by atomic mass is 35.5. The van der Waals surface area contributed by atoms with Crippen LogP contribution >= 0.6 is 11.6 Å². The number of nitrogens with one attached hydrogen (secondary N) is 1. The van der Waals surface area contributed by atoms with Gasteiger partial charge in [-0.2, -0.15) is 0 Å². The summed E-state index contributed by atoms with van der Waals surface area (Å²) in [7, 11) is 2.01. The zero-order valence-electron chi connectivity index (χ0n) is 12.2. The molecule has 1 atom stereocenters. The molecule has 0 amide bonds. The predicted octanol–water partition coefficient (Wildman–Crippen LogP) is 4.32. The topological polar surface area (TPSA) is 17.0 Å². The number of hydrogen-bond acceptors (Lipinski definition) is 1. The Hall–Kier alpha value is -1.32. The summed E-state index contributed by atoms with van der Waals surface area (Å²) in [6.45, 7) is 0.611. The molecule has 0 radical (unpaired) electrons. The largest absolute Gasteiger partial charge is 0.349 e. The SMILES string of the molecule is CNC1CCCCc2cn(Cc3cc(F)ccc3Cl)cc21. The molecule has 112 valence electrons. The van der Waals surface area contributed by atoms with Crippen molar-refractivity contribution >= 4 is 11.6 Å². The van der Waals surface area contributed by atoms with Crippen molar-refractivity contribution in [2.45, 2.75) is 38.3 Å². The molecule has 0 bridgehead atoms. The molecule has 0 spiro atoms. The van der Waals surface area contributed by atoms with Crippen LogP contribution in [0.3, 0.4) is 0 Å². The van der Waals surface area contributed by atoms with E-state index in [2.05, 4.69) is 22.3 Å². The zero-order valence-corrected chi connectivity index (χ0v) is 13.0. The molecular formula is C17H20ClFN2. The van der Waals surface area contributed by atoms with E-state index < -0.39 is 0 Å². The Morgan fingerprint density at radius 1 is 1.33 bits per heavy atom. The Balaban J connectivity index is 1.89. The molecule has 0 saturated carbocycles. The minimum atomic E-state index is -0.240. The number of fused-ring (bicyclic) bond motifs is 1. The van der Waals surface area contributed by atoms with Gasteiger partial charge in [-0.1, -0.05) is 18.0 Å². The summed E-state index contributed by atoms with van der Waals surface area (Å²) in [6.07, 6.45) is 9.16. The van der Waals surface area contributed by atoms with Crippen LogP contribution in [0.5, 0.6) is 0 Å². The second kappa shape index (κ2) is 6.20. The first-order valence-corrected chi connectivity index (χ1v) is 7.85. The zero-order chi connectivity index (χ0) is 14.8. The Morgan fingerprint density at radius 3 is 3.00 bits per heavy atom. The highest BCUT2D eigenvalue weighted by Crippen LogP contribution is 2.30. The van der Waals surface area contributed by atoms with Gasteiger partial charge in [0.1, 0.15) is 5.82 Å². The number of benzene rings is 1. The molecule has 1 heterocycles. The van der Waals surface area contributed by atoms with Crippen LogP contribution in [-0.2, 0) is 13.0 Å². The van der Waals surface area contributed by atoms with E-state index in [1.807, 2.05) is 7.05 Å². The summed E-state index contributed by atoms with van der Waals surface area (Å²) in [5, 5.41) is 4.01. The lowest BCUT2D eigenvalue weighted by molar-refractivity contribution is 0.531. The van der Waals surface area contributed by atoms with E-state index in [9.17, 15) is 4.39 Å². The lowest BCUT2D eigenvalue weighted by Gasteiger charge is -2.13. The first-order chi connectivity index (χ1) is 10.2. The minimum absolute atomic E-state index is 0.240. The highest BCUT2D eigenvalue weighted by Gasteiger charge is 2.19. The van der Waals surface area contributed by atoms with Crippen molar-refractivity contribution in [2.75, 3.05) is 7.05 Å². The van der Waals surface area contributed by atoms with E-state index in [-0.39, 0.29) is 5.82 Å². The number of halogens is 2. The first kappa shape index (κ1) is 14.6. The lowest BCUT2D eigenvalue weighted by Crippen LogP contribution is -2.15. The third-order valence-corrected chi connectivity index (χ3v) is 4.64. The third kappa shape index (κ3) is 3.14. The van der Waals surface area contributed by atoms with Gasteiger partial charge >= 0.3 is 0 Å². The monoisotopic (exact) mass is 306 g/mol. The highest BCUT2D eigenvalue weighted by molar-refractivity contribution is 6.31. The van der Waals surface area contributed by atoms with Crippen LogP contribution in [0.25, 0.3) is 0 Å². The fourth-order valence-corrected chi connectivity index (χ4v) is 3.35. The first-order valence-electron chi connectivity index (χ1n) is 7.47. The van der Waals surface area contributed by atoms with Gasteiger partial charge in [0.2, 0.25) is 0 Å². The molecule has 1 unspecified atom stereocenters. The molecule has 2 nitrogen and oxygen atoms in total. The molecule has 0 saturated heterocycles. The van der Waals surface area contributed by atoms with Crippen LogP contribution in [0, 0.1) is 5.82 Å². The molecular weight excluding hydrogens is 287 g/mol. The van der Waals surface area contributed by atoms with Crippen molar-refractivity contribution in [3.63, 3.8) is 0 Å². The van der Waals surface area contributed by atoms with Crippen molar-refractivity contribution in [1.29, 1.82) is 0 Å². The van der Waals surface area contributed by atoms with Gasteiger partial charge in [-0.15, -0.1) is 0 Å². The predicted molar refractivity (Wildman–Crippen MR) is 84.3 cm³/mol. The second-order valence-electron chi connectivity index (χ2n) is 5.73. The second-order valence-corrected chi connectivity index (χ2v) is 6.14. The molecule has 0 fully saturated rings. The molecule has 3 rings (SSSR count). The van der Waals surface area contributed by atoms with E-state index in [0.29, 0.717) is 17.6 Å². The summed E-state index contributed by atoms with van der Waals surface area (Å²) in [5.74, 6) is -0.240. The molecule has 4 heteroatoms. The lowest BCUT2D eigenvalue weighted by atomic mass is 10.1. The van der Waals surface area contributed by atoms with Gasteiger partial charge in [-0.05, 0) is 61.2 Å². The van der Waals surface area contributed by atoms with Crippen molar-refractivity contribution in [2.24, 2.45) is 0 Å². The number of hydrogen-bond donors (Lipinski definition) is 1. The van der Waals surface area contributed by atoms with Gasteiger partial charge in [0.25, 0.3) is 0 Å². The third-order valence-electron chi connectivity index (χ3n) is 4.27. The fourth-order valence-electron chi connectivity index (χ4n) is 3.17. The summed E-state index contributed by atoms with van der Waals surface area (Å²) in [4.78, 5) is 0. The minimum Gasteiger partial charge on any atom is -0.349 e. The van der Waals surface area contributed by atoms with Gasteiger partial charge in [-0.3, -0.25) is 0 Å². The summed E-state index contributed by atoms with van der Waals surface area (Å²) < 4.78 is 15.5. The molecule has 21 heavy (non-hydrogen) atoms. The maximum Gasteiger partial charge on any atom is 0.123 e. The van der Waals surface area contributed by atoms with Crippen LogP contribution in [0.2, 0.25) is 5.02 Å². The Kier molecular flexibility index (Phi) is 4.32. The van der Waals surface area contributed by atoms with E-state index in [1.54, 1.807) is 6.07 Å². The van der Waals surface area contributed by atoms with Crippen molar-refractivity contribution in [1.82, 2.24) is 9.88 Å². The number of aromatic nitrogens is 1. The molecule has 0 aliphatic heterocycles. The van der Waals surface area contributed by atoms with Gasteiger partial charge < -0.3 is 9.88 Å². The van der Waals surface area contributed by atoms with Gasteiger partial charge in [0, 0.05) is 30.0 Å². The summed E-state index contributed by atoms with van der Waals surface area (Å²) >= 11 is 6.16. The van der Waals surface area contributed by atoms with Crippen molar-refractivity contribution < 1.29 is 4.39 Å². The van der Waals surface area contributed by atoms with E-state index in [0.717, 1.165) is 12.0 Å². The maximum absolute atomic E-state index is 13.4. The summed E-state index contributed by atoms with van der Waals surface area (Å²) in [6, 6.07) is 4.96. The van der Waals surface area contributed by atoms with Crippen LogP contribution in [0.1, 0.15) is 42.0 Å². The average Bonchev–Trinajstić information content (AvgIpc) is 2.76. The van der Waals surface area contributed by atoms with E-state index in [1.165, 1.54) is 42.5 Å². The van der Waals surface area contributed by atoms with E-state index in [4.69, 9.17) is 11.6 Å². The van der Waals surface area contributed by atoms with E-state index >= 15 is 0 Å². The maximum atomic E-state index is 13.4. The van der Waals surface area contributed by atoms with Crippen molar-refractivity contribution in [3.05, 3.63) is 58.1 Å². The fraction of sp³-hybridized carbons (Fsp3) is 0.412. The molecule has 1 N–H and O–H groups in total. The number of rotatable bonds is 3. The molecule has 1 aliphatic carbocycles. The van der Waals surface area contributed by atoms with Crippen molar-refractivity contribution in [3.8, 4) is 0 Å². The van der Waals surface area contributed by atoms with Gasteiger partial charge in [0.15, 0.2) is 0 Å². The number of nitrogens with zero attached hydrogens (tertiary/aromatic N) is 1. The quantitative estimate of drug-likeness (QED) is 0.836. The van der Waals surface area contributed by atoms with Gasteiger partial charge in [-0.25, -0.2) is 4.39 Å². The molecule has 1 aliphatic rings. The Labute approximate surface area is 129 Å². The van der Waals surface area contributed by atoms with Crippen LogP contribution < -0.4 is 5.32 Å². The standard InChI is InChI=1S/C17H20ClFN2/c1-20-17-5-3-2-4-12-9-21(11-15(12)17)10-13-8-14(19)6-7-16(13)18/h6-9,11,17,20H,2-5,10H2,1H3. The average molecular weight is 307 g/mol. The van der Waals surface area contributed by atoms with Crippen LogP contribution in [-0.4, -0.2) is 11.6 Å². The Bertz CT molecular complexity index is 636. The van der Waals surface area contributed by atoms with Crippen LogP contribution in [0.4, 0.5) is 4.39 Å². The normalized spacial score (nSPS) is 18.3. The Morgan fingerprint density at radius 2 is 2.19 bits per heavy atom.